The topological polar surface area (TPSA) is 67.9 Å². The van der Waals surface area contributed by atoms with Crippen LogP contribution in [-0.4, -0.2) is 41.8 Å². The van der Waals surface area contributed by atoms with Crippen molar-refractivity contribution in [2.75, 3.05) is 7.05 Å². The first-order valence-electron chi connectivity index (χ1n) is 11.5. The third-order valence-corrected chi connectivity index (χ3v) is 6.68. The van der Waals surface area contributed by atoms with E-state index in [0.29, 0.717) is 18.9 Å². The van der Waals surface area contributed by atoms with Crippen molar-refractivity contribution in [3.63, 3.8) is 0 Å². The number of benzene rings is 1. The lowest BCUT2D eigenvalue weighted by Gasteiger charge is -2.34. The van der Waals surface area contributed by atoms with Gasteiger partial charge in [0.1, 0.15) is 5.94 Å². The molecule has 1 N–H and O–H groups in total. The van der Waals surface area contributed by atoms with Crippen LogP contribution in [0.5, 0.6) is 0 Å². The summed E-state index contributed by atoms with van der Waals surface area (Å²) in [5, 5.41) is 4.59. The minimum absolute atomic E-state index is 0.00342. The summed E-state index contributed by atoms with van der Waals surface area (Å²) in [4.78, 5) is 29.9. The second-order valence-corrected chi connectivity index (χ2v) is 9.12. The van der Waals surface area contributed by atoms with Crippen molar-refractivity contribution in [1.82, 2.24) is 10.4 Å². The average molecular weight is 429 g/mol. The molecule has 0 aromatic heterocycles. The van der Waals surface area contributed by atoms with Crippen LogP contribution in [0.3, 0.4) is 0 Å². The molecule has 6 heteroatoms. The molecule has 1 aliphatic heterocycles. The lowest BCUT2D eigenvalue weighted by Crippen LogP contribution is -2.46. The zero-order valence-corrected chi connectivity index (χ0v) is 19.0. The van der Waals surface area contributed by atoms with Gasteiger partial charge in [-0.2, -0.15) is 0 Å². The van der Waals surface area contributed by atoms with Crippen molar-refractivity contribution in [2.24, 2.45) is 11.8 Å². The zero-order chi connectivity index (χ0) is 22.3. The Morgan fingerprint density at radius 1 is 1.32 bits per heavy atom. The minimum atomic E-state index is -1.01. The van der Waals surface area contributed by atoms with Gasteiger partial charge in [-0.15, -0.1) is 5.06 Å². The quantitative estimate of drug-likeness (QED) is 0.602. The number of amides is 1. The number of rotatable bonds is 9. The minimum Gasteiger partial charge on any atom is -0.359 e. The molecule has 1 unspecified atom stereocenters. The molecule has 2 fully saturated rings. The van der Waals surface area contributed by atoms with E-state index in [1.807, 2.05) is 55.2 Å². The van der Waals surface area contributed by atoms with Gasteiger partial charge in [0.2, 0.25) is 5.91 Å². The van der Waals surface area contributed by atoms with E-state index in [9.17, 15) is 9.59 Å². The van der Waals surface area contributed by atoms with Crippen LogP contribution < -0.4 is 5.32 Å². The summed E-state index contributed by atoms with van der Waals surface area (Å²) in [6.45, 7) is 4.16. The molecule has 3 rings (SSSR count). The SMILES string of the molecule is CNC(=O)[C@H](C)C[C@@H]1OC(C)(C=C=O)N(OCc2ccccc2)[C@H]1CC1CCCCC1. The van der Waals surface area contributed by atoms with Crippen molar-refractivity contribution < 1.29 is 19.2 Å². The van der Waals surface area contributed by atoms with E-state index in [0.717, 1.165) is 12.0 Å². The molecule has 6 nitrogen and oxygen atoms in total. The number of hydrogen-bond donors (Lipinski definition) is 1. The maximum absolute atomic E-state index is 12.2. The summed E-state index contributed by atoms with van der Waals surface area (Å²) in [6, 6.07) is 9.95. The molecule has 0 spiro atoms. The molecule has 1 amide bonds. The fourth-order valence-corrected chi connectivity index (χ4v) is 4.99. The standard InChI is InChI=1S/C25H36N2O4/c1-19(24(29)26-3)16-23-22(17-20-10-6-4-7-11-20)27(25(2,31-23)14-15-28)30-18-21-12-8-5-9-13-21/h5,8-9,12-14,19-20,22-23H,4,6-7,10-11,16-18H2,1-3H3,(H,26,29)/t19-,22+,23+,25?/m1/s1. The third-order valence-electron chi connectivity index (χ3n) is 6.68. The van der Waals surface area contributed by atoms with Crippen LogP contribution in [0.2, 0.25) is 0 Å². The van der Waals surface area contributed by atoms with Crippen molar-refractivity contribution in [3.05, 3.63) is 42.0 Å². The number of ether oxygens (including phenoxy) is 1. The van der Waals surface area contributed by atoms with Gasteiger partial charge in [-0.1, -0.05) is 69.4 Å². The first-order valence-corrected chi connectivity index (χ1v) is 11.5. The highest BCUT2D eigenvalue weighted by molar-refractivity contribution is 5.77. The van der Waals surface area contributed by atoms with Crippen molar-refractivity contribution in [1.29, 1.82) is 0 Å². The Balaban J connectivity index is 1.84. The van der Waals surface area contributed by atoms with Crippen LogP contribution in [0.1, 0.15) is 64.4 Å². The van der Waals surface area contributed by atoms with Crippen LogP contribution in [-0.2, 0) is 25.8 Å². The van der Waals surface area contributed by atoms with E-state index < -0.39 is 5.72 Å². The maximum Gasteiger partial charge on any atom is 0.222 e. The molecule has 31 heavy (non-hydrogen) atoms. The lowest BCUT2D eigenvalue weighted by molar-refractivity contribution is -0.255. The van der Waals surface area contributed by atoms with E-state index in [1.54, 1.807) is 7.05 Å². The van der Waals surface area contributed by atoms with Gasteiger partial charge in [0.25, 0.3) is 0 Å². The van der Waals surface area contributed by atoms with Crippen molar-refractivity contribution in [2.45, 2.75) is 83.3 Å². The Morgan fingerprint density at radius 2 is 2.03 bits per heavy atom. The number of nitrogens with zero attached hydrogens (tertiary/aromatic N) is 1. The first kappa shape index (κ1) is 23.7. The summed E-state index contributed by atoms with van der Waals surface area (Å²) >= 11 is 0. The molecule has 1 aromatic carbocycles. The number of carbonyl (C=O) groups is 1. The van der Waals surface area contributed by atoms with Gasteiger partial charge in [-0.05, 0) is 31.2 Å². The molecule has 1 saturated carbocycles. The van der Waals surface area contributed by atoms with Crippen LogP contribution in [0, 0.1) is 11.8 Å². The van der Waals surface area contributed by atoms with E-state index in [2.05, 4.69) is 5.32 Å². The molecular weight excluding hydrogens is 392 g/mol. The van der Waals surface area contributed by atoms with E-state index >= 15 is 0 Å². The van der Waals surface area contributed by atoms with Crippen LogP contribution in [0.4, 0.5) is 0 Å². The molecular formula is C25H36N2O4. The van der Waals surface area contributed by atoms with Gasteiger partial charge in [-0.25, -0.2) is 4.79 Å². The third kappa shape index (κ3) is 6.05. The zero-order valence-electron chi connectivity index (χ0n) is 19.0. The predicted octanol–water partition coefficient (Wildman–Crippen LogP) is 4.03. The van der Waals surface area contributed by atoms with Gasteiger partial charge < -0.3 is 10.1 Å². The highest BCUT2D eigenvalue weighted by Crippen LogP contribution is 2.41. The molecule has 2 aliphatic rings. The van der Waals surface area contributed by atoms with E-state index in [-0.39, 0.29) is 24.0 Å². The number of carbonyl (C=O) groups excluding carboxylic acids is 2. The number of nitrogens with one attached hydrogen (secondary N) is 1. The van der Waals surface area contributed by atoms with Crippen LogP contribution in [0.25, 0.3) is 0 Å². The van der Waals surface area contributed by atoms with Gasteiger partial charge in [0.15, 0.2) is 5.72 Å². The van der Waals surface area contributed by atoms with E-state index in [4.69, 9.17) is 9.57 Å². The molecule has 0 bridgehead atoms. The summed E-state index contributed by atoms with van der Waals surface area (Å²) in [5.74, 6) is 2.32. The van der Waals surface area contributed by atoms with Crippen molar-refractivity contribution in [3.8, 4) is 0 Å². The summed E-state index contributed by atoms with van der Waals surface area (Å²) in [5.41, 5.74) is 0.0432. The molecule has 1 heterocycles. The molecule has 1 aliphatic carbocycles. The summed E-state index contributed by atoms with van der Waals surface area (Å²) in [6.07, 6.45) is 8.93. The molecule has 1 saturated heterocycles. The molecule has 4 atom stereocenters. The Labute approximate surface area is 185 Å². The fraction of sp³-hybridized carbons (Fsp3) is 0.640. The normalized spacial score (nSPS) is 28.1. The highest BCUT2D eigenvalue weighted by Gasteiger charge is 2.51. The Bertz CT molecular complexity index is 758. The lowest BCUT2D eigenvalue weighted by atomic mass is 9.82. The summed E-state index contributed by atoms with van der Waals surface area (Å²) in [7, 11) is 1.66. The second kappa shape index (κ2) is 11.1. The molecule has 1 aromatic rings. The second-order valence-electron chi connectivity index (χ2n) is 9.12. The Morgan fingerprint density at radius 3 is 2.68 bits per heavy atom. The number of hydroxylamine groups is 2. The first-order chi connectivity index (χ1) is 15.0. The van der Waals surface area contributed by atoms with E-state index in [1.165, 1.54) is 38.2 Å². The van der Waals surface area contributed by atoms with Crippen LogP contribution >= 0.6 is 0 Å². The molecule has 170 valence electrons. The summed E-state index contributed by atoms with van der Waals surface area (Å²) < 4.78 is 6.41. The maximum atomic E-state index is 12.2. The highest BCUT2D eigenvalue weighted by atomic mass is 16.7. The smallest absolute Gasteiger partial charge is 0.222 e. The molecule has 0 radical (unpaired) electrons. The van der Waals surface area contributed by atoms with Crippen LogP contribution in [0.15, 0.2) is 36.4 Å². The Kier molecular flexibility index (Phi) is 8.44. The van der Waals surface area contributed by atoms with Crippen molar-refractivity contribution >= 4 is 11.8 Å². The monoisotopic (exact) mass is 428 g/mol. The fourth-order valence-electron chi connectivity index (χ4n) is 4.99. The van der Waals surface area contributed by atoms with Gasteiger partial charge in [-0.3, -0.25) is 9.63 Å². The Hall–Kier alpha value is -1.98. The van der Waals surface area contributed by atoms with Gasteiger partial charge in [0, 0.05) is 19.0 Å². The largest absolute Gasteiger partial charge is 0.359 e. The number of hydrogen-bond acceptors (Lipinski definition) is 5. The van der Waals surface area contributed by atoms with Gasteiger partial charge in [0.05, 0.1) is 18.8 Å². The van der Waals surface area contributed by atoms with Gasteiger partial charge >= 0.3 is 0 Å². The average Bonchev–Trinajstić information content (AvgIpc) is 3.03. The predicted molar refractivity (Wildman–Crippen MR) is 119 cm³/mol.